The second-order valence-electron chi connectivity index (χ2n) is 2.89. The van der Waals surface area contributed by atoms with E-state index in [0.29, 0.717) is 6.54 Å². The molecule has 0 amide bonds. The molecular weight excluding hydrogens is 162 g/mol. The van der Waals surface area contributed by atoms with Gasteiger partial charge >= 0.3 is 0 Å². The predicted molar refractivity (Wildman–Crippen MR) is 46.6 cm³/mol. The molecule has 0 saturated heterocycles. The first-order valence-electron chi connectivity index (χ1n) is 4.28. The molecule has 0 aromatic carbocycles. The number of alkyl halides is 2. The second kappa shape index (κ2) is 6.31. The molecule has 74 valence electrons. The van der Waals surface area contributed by atoms with E-state index in [1.54, 1.807) is 4.90 Å². The molecule has 0 fully saturated rings. The van der Waals surface area contributed by atoms with E-state index in [0.717, 1.165) is 6.54 Å². The van der Waals surface area contributed by atoms with E-state index in [1.807, 2.05) is 20.9 Å². The van der Waals surface area contributed by atoms with Gasteiger partial charge < -0.3 is 5.32 Å². The van der Waals surface area contributed by atoms with E-state index >= 15 is 0 Å². The standard InChI is InChI=1S/C8H18F2N2/c1-4-12(6-8(9)10)7(2)5-11-3/h7-8,11H,4-6H2,1-3H3. The van der Waals surface area contributed by atoms with Crippen molar-refractivity contribution < 1.29 is 8.78 Å². The summed E-state index contributed by atoms with van der Waals surface area (Å²) in [6.45, 7) is 5.14. The van der Waals surface area contributed by atoms with Crippen LogP contribution in [-0.4, -0.2) is 44.0 Å². The van der Waals surface area contributed by atoms with Crippen LogP contribution < -0.4 is 5.32 Å². The Bertz CT molecular complexity index is 109. The summed E-state index contributed by atoms with van der Waals surface area (Å²) in [6, 6.07) is 0.175. The topological polar surface area (TPSA) is 15.3 Å². The van der Waals surface area contributed by atoms with E-state index < -0.39 is 6.43 Å². The molecule has 0 aromatic heterocycles. The molecule has 0 aromatic rings. The fourth-order valence-electron chi connectivity index (χ4n) is 1.22. The van der Waals surface area contributed by atoms with Gasteiger partial charge in [-0.25, -0.2) is 8.78 Å². The number of nitrogens with zero attached hydrogens (tertiary/aromatic N) is 1. The first kappa shape index (κ1) is 11.8. The second-order valence-corrected chi connectivity index (χ2v) is 2.89. The maximum atomic E-state index is 12.0. The van der Waals surface area contributed by atoms with Gasteiger partial charge in [-0.05, 0) is 20.5 Å². The van der Waals surface area contributed by atoms with Crippen molar-refractivity contribution in [3.63, 3.8) is 0 Å². The fraction of sp³-hybridized carbons (Fsp3) is 1.00. The highest BCUT2D eigenvalue weighted by atomic mass is 19.3. The van der Waals surface area contributed by atoms with E-state index in [2.05, 4.69) is 5.32 Å². The van der Waals surface area contributed by atoms with Gasteiger partial charge in [0.05, 0.1) is 6.54 Å². The summed E-state index contributed by atoms with van der Waals surface area (Å²) in [5.74, 6) is 0. The first-order chi connectivity index (χ1) is 5.61. The van der Waals surface area contributed by atoms with Crippen LogP contribution in [0.4, 0.5) is 8.78 Å². The lowest BCUT2D eigenvalue weighted by atomic mass is 10.3. The SMILES string of the molecule is CCN(CC(F)F)C(C)CNC. The summed E-state index contributed by atoms with van der Waals surface area (Å²) in [5.41, 5.74) is 0. The van der Waals surface area contributed by atoms with E-state index in [-0.39, 0.29) is 12.6 Å². The number of nitrogens with one attached hydrogen (secondary N) is 1. The van der Waals surface area contributed by atoms with Crippen molar-refractivity contribution in [2.45, 2.75) is 26.3 Å². The zero-order valence-corrected chi connectivity index (χ0v) is 7.98. The highest BCUT2D eigenvalue weighted by molar-refractivity contribution is 4.68. The number of rotatable bonds is 6. The van der Waals surface area contributed by atoms with Gasteiger partial charge in [0.25, 0.3) is 6.43 Å². The fourth-order valence-corrected chi connectivity index (χ4v) is 1.22. The summed E-state index contributed by atoms with van der Waals surface area (Å²) >= 11 is 0. The third-order valence-electron chi connectivity index (χ3n) is 1.90. The first-order valence-corrected chi connectivity index (χ1v) is 4.28. The third-order valence-corrected chi connectivity index (χ3v) is 1.90. The molecule has 0 radical (unpaired) electrons. The summed E-state index contributed by atoms with van der Waals surface area (Å²) in [5, 5.41) is 2.97. The minimum Gasteiger partial charge on any atom is -0.318 e. The Hall–Kier alpha value is -0.220. The number of hydrogen-bond acceptors (Lipinski definition) is 2. The van der Waals surface area contributed by atoms with Gasteiger partial charge in [-0.2, -0.15) is 0 Å². The lowest BCUT2D eigenvalue weighted by Crippen LogP contribution is -2.41. The molecule has 1 unspecified atom stereocenters. The highest BCUT2D eigenvalue weighted by Crippen LogP contribution is 2.02. The van der Waals surface area contributed by atoms with E-state index in [9.17, 15) is 8.78 Å². The molecule has 0 saturated carbocycles. The van der Waals surface area contributed by atoms with Crippen molar-refractivity contribution in [1.29, 1.82) is 0 Å². The minimum atomic E-state index is -2.23. The van der Waals surface area contributed by atoms with Crippen molar-refractivity contribution in [2.24, 2.45) is 0 Å². The Kier molecular flexibility index (Phi) is 6.20. The maximum absolute atomic E-state index is 12.0. The average molecular weight is 180 g/mol. The molecule has 0 spiro atoms. The Morgan fingerprint density at radius 2 is 2.00 bits per heavy atom. The van der Waals surface area contributed by atoms with Gasteiger partial charge in [0.2, 0.25) is 0 Å². The van der Waals surface area contributed by atoms with Crippen LogP contribution in [0.3, 0.4) is 0 Å². The van der Waals surface area contributed by atoms with Crippen molar-refractivity contribution >= 4 is 0 Å². The molecule has 1 atom stereocenters. The molecule has 12 heavy (non-hydrogen) atoms. The molecule has 0 rings (SSSR count). The molecule has 0 bridgehead atoms. The molecule has 2 nitrogen and oxygen atoms in total. The lowest BCUT2D eigenvalue weighted by molar-refractivity contribution is 0.0727. The van der Waals surface area contributed by atoms with Crippen LogP contribution in [0.1, 0.15) is 13.8 Å². The average Bonchev–Trinajstić information content (AvgIpc) is 2.00. The smallest absolute Gasteiger partial charge is 0.251 e. The molecule has 0 aliphatic heterocycles. The number of hydrogen-bond donors (Lipinski definition) is 1. The van der Waals surface area contributed by atoms with Crippen molar-refractivity contribution in [1.82, 2.24) is 10.2 Å². The van der Waals surface area contributed by atoms with Gasteiger partial charge in [0.15, 0.2) is 0 Å². The molecule has 0 aliphatic carbocycles. The van der Waals surface area contributed by atoms with Gasteiger partial charge in [0, 0.05) is 12.6 Å². The Labute approximate surface area is 72.9 Å². The van der Waals surface area contributed by atoms with Gasteiger partial charge in [-0.1, -0.05) is 6.92 Å². The molecule has 0 heterocycles. The number of likely N-dealkylation sites (N-methyl/N-ethyl adjacent to an activating group) is 2. The van der Waals surface area contributed by atoms with Gasteiger partial charge in [-0.15, -0.1) is 0 Å². The largest absolute Gasteiger partial charge is 0.318 e. The van der Waals surface area contributed by atoms with Gasteiger partial charge in [0.1, 0.15) is 0 Å². The third kappa shape index (κ3) is 4.62. The van der Waals surface area contributed by atoms with E-state index in [4.69, 9.17) is 0 Å². The normalized spacial score (nSPS) is 14.2. The Morgan fingerprint density at radius 3 is 2.33 bits per heavy atom. The zero-order chi connectivity index (χ0) is 9.56. The summed E-state index contributed by atoms with van der Waals surface area (Å²) in [4.78, 5) is 1.77. The van der Waals surface area contributed by atoms with Crippen LogP contribution in [0.25, 0.3) is 0 Å². The van der Waals surface area contributed by atoms with Crippen LogP contribution in [0.2, 0.25) is 0 Å². The zero-order valence-electron chi connectivity index (χ0n) is 7.98. The maximum Gasteiger partial charge on any atom is 0.251 e. The van der Waals surface area contributed by atoms with Crippen LogP contribution in [0.15, 0.2) is 0 Å². The van der Waals surface area contributed by atoms with Crippen molar-refractivity contribution in [2.75, 3.05) is 26.7 Å². The summed E-state index contributed by atoms with van der Waals surface area (Å²) < 4.78 is 24.0. The molecule has 4 heteroatoms. The Balaban J connectivity index is 3.78. The van der Waals surface area contributed by atoms with Crippen molar-refractivity contribution in [3.8, 4) is 0 Å². The van der Waals surface area contributed by atoms with Crippen LogP contribution in [0, 0.1) is 0 Å². The number of halogens is 2. The predicted octanol–water partition coefficient (Wildman–Crippen LogP) is 1.18. The highest BCUT2D eigenvalue weighted by Gasteiger charge is 2.15. The summed E-state index contributed by atoms with van der Waals surface area (Å²) in [7, 11) is 1.83. The monoisotopic (exact) mass is 180 g/mol. The lowest BCUT2D eigenvalue weighted by Gasteiger charge is -2.26. The van der Waals surface area contributed by atoms with Crippen LogP contribution in [-0.2, 0) is 0 Å². The Morgan fingerprint density at radius 1 is 1.42 bits per heavy atom. The summed E-state index contributed by atoms with van der Waals surface area (Å²) in [6.07, 6.45) is -2.23. The van der Waals surface area contributed by atoms with Gasteiger partial charge in [-0.3, -0.25) is 4.90 Å². The molecular formula is C8H18F2N2. The van der Waals surface area contributed by atoms with Crippen molar-refractivity contribution in [3.05, 3.63) is 0 Å². The van der Waals surface area contributed by atoms with E-state index in [1.165, 1.54) is 0 Å². The molecule has 0 aliphatic rings. The minimum absolute atomic E-state index is 0.126. The quantitative estimate of drug-likeness (QED) is 0.660. The van der Waals surface area contributed by atoms with Crippen LogP contribution >= 0.6 is 0 Å². The van der Waals surface area contributed by atoms with Crippen LogP contribution in [0.5, 0.6) is 0 Å². The molecule has 1 N–H and O–H groups in total.